The molecule has 1 aromatic heterocycles. The molecule has 140 valence electrons. The third kappa shape index (κ3) is 5.32. The average molecular weight is 359 g/mol. The van der Waals surface area contributed by atoms with Gasteiger partial charge in [-0.1, -0.05) is 6.92 Å². The van der Waals surface area contributed by atoms with Crippen molar-refractivity contribution in [3.63, 3.8) is 0 Å². The standard InChI is InChI=1S/C17H24F3N3O2/c1-12-5-8-22(9-6-12)13(2)10-21-15(24)11-23-7-3-4-14(16(23)25)17(18,19)20/h3-4,7,12-13H,5-6,8-11H2,1-2H3,(H,21,24)/t13-/m0/s1. The molecule has 1 aliphatic heterocycles. The summed E-state index contributed by atoms with van der Waals surface area (Å²) in [6.45, 7) is 6.16. The Morgan fingerprint density at radius 1 is 1.36 bits per heavy atom. The molecule has 0 spiro atoms. The maximum absolute atomic E-state index is 12.7. The molecule has 1 atom stereocenters. The highest BCUT2D eigenvalue weighted by Crippen LogP contribution is 2.25. The van der Waals surface area contributed by atoms with Gasteiger partial charge in [0.25, 0.3) is 5.56 Å². The van der Waals surface area contributed by atoms with Crippen molar-refractivity contribution in [3.05, 3.63) is 34.2 Å². The number of carbonyl (C=O) groups excluding carboxylic acids is 1. The quantitative estimate of drug-likeness (QED) is 0.876. The van der Waals surface area contributed by atoms with E-state index in [-0.39, 0.29) is 6.04 Å². The molecule has 0 unspecified atom stereocenters. The minimum absolute atomic E-state index is 0.148. The second-order valence-corrected chi connectivity index (χ2v) is 6.72. The molecule has 8 heteroatoms. The molecule has 2 rings (SSSR count). The Morgan fingerprint density at radius 3 is 2.60 bits per heavy atom. The van der Waals surface area contributed by atoms with Gasteiger partial charge < -0.3 is 9.88 Å². The summed E-state index contributed by atoms with van der Waals surface area (Å²) in [5.74, 6) is 0.240. The van der Waals surface area contributed by atoms with Crippen LogP contribution in [0.3, 0.4) is 0 Å². The number of carbonyl (C=O) groups is 1. The van der Waals surface area contributed by atoms with Crippen molar-refractivity contribution >= 4 is 5.91 Å². The Morgan fingerprint density at radius 2 is 2.00 bits per heavy atom. The number of nitrogens with one attached hydrogen (secondary N) is 1. The Balaban J connectivity index is 1.89. The normalized spacial score (nSPS) is 18.1. The molecule has 0 bridgehead atoms. The highest BCUT2D eigenvalue weighted by molar-refractivity contribution is 5.75. The van der Waals surface area contributed by atoms with Gasteiger partial charge in [-0.15, -0.1) is 0 Å². The lowest BCUT2D eigenvalue weighted by molar-refractivity contribution is -0.139. The molecule has 0 aromatic carbocycles. The fourth-order valence-electron chi connectivity index (χ4n) is 2.95. The number of aromatic nitrogens is 1. The Labute approximate surface area is 144 Å². The van der Waals surface area contributed by atoms with Crippen LogP contribution in [0.5, 0.6) is 0 Å². The zero-order valence-corrected chi connectivity index (χ0v) is 14.5. The van der Waals surface area contributed by atoms with Crippen LogP contribution in [-0.2, 0) is 17.5 Å². The summed E-state index contributed by atoms with van der Waals surface area (Å²) in [4.78, 5) is 26.1. The number of hydrogen-bond acceptors (Lipinski definition) is 3. The van der Waals surface area contributed by atoms with Crippen LogP contribution in [0.2, 0.25) is 0 Å². The van der Waals surface area contributed by atoms with E-state index < -0.39 is 29.8 Å². The van der Waals surface area contributed by atoms with E-state index in [9.17, 15) is 22.8 Å². The number of halogens is 3. The predicted molar refractivity (Wildman–Crippen MR) is 88.1 cm³/mol. The van der Waals surface area contributed by atoms with E-state index in [2.05, 4.69) is 17.1 Å². The van der Waals surface area contributed by atoms with Crippen molar-refractivity contribution in [2.75, 3.05) is 19.6 Å². The van der Waals surface area contributed by atoms with Crippen molar-refractivity contribution in [1.29, 1.82) is 0 Å². The first-order valence-corrected chi connectivity index (χ1v) is 8.46. The first-order chi connectivity index (χ1) is 11.7. The van der Waals surface area contributed by atoms with Gasteiger partial charge in [-0.05, 0) is 50.9 Å². The fraction of sp³-hybridized carbons (Fsp3) is 0.647. The Hall–Kier alpha value is -1.83. The summed E-state index contributed by atoms with van der Waals surface area (Å²) in [5, 5.41) is 2.70. The van der Waals surface area contributed by atoms with Crippen LogP contribution in [0.25, 0.3) is 0 Å². The van der Waals surface area contributed by atoms with Crippen molar-refractivity contribution in [3.8, 4) is 0 Å². The van der Waals surface area contributed by atoms with Gasteiger partial charge in [0.15, 0.2) is 0 Å². The van der Waals surface area contributed by atoms with Gasteiger partial charge in [0, 0.05) is 18.8 Å². The van der Waals surface area contributed by atoms with Crippen molar-refractivity contribution in [1.82, 2.24) is 14.8 Å². The third-order valence-corrected chi connectivity index (χ3v) is 4.68. The van der Waals surface area contributed by atoms with Gasteiger partial charge in [0.2, 0.25) is 5.91 Å². The summed E-state index contributed by atoms with van der Waals surface area (Å²) in [7, 11) is 0. The maximum atomic E-state index is 12.7. The lowest BCUT2D eigenvalue weighted by Gasteiger charge is -2.35. The molecule has 1 amide bonds. The van der Waals surface area contributed by atoms with E-state index >= 15 is 0 Å². The first kappa shape index (κ1) is 19.5. The molecule has 1 aliphatic rings. The molecule has 0 radical (unpaired) electrons. The molecule has 1 N–H and O–H groups in total. The Bertz CT molecular complexity index is 649. The van der Waals surface area contributed by atoms with Crippen LogP contribution in [0, 0.1) is 5.92 Å². The van der Waals surface area contributed by atoms with Crippen LogP contribution in [0.4, 0.5) is 13.2 Å². The van der Waals surface area contributed by atoms with E-state index in [0.29, 0.717) is 12.5 Å². The number of rotatable bonds is 5. The minimum Gasteiger partial charge on any atom is -0.353 e. The zero-order chi connectivity index (χ0) is 18.6. The van der Waals surface area contributed by atoms with Gasteiger partial charge in [-0.2, -0.15) is 13.2 Å². The molecule has 1 saturated heterocycles. The summed E-state index contributed by atoms with van der Waals surface area (Å²) in [6.07, 6.45) is -1.29. The summed E-state index contributed by atoms with van der Waals surface area (Å²) in [6, 6.07) is 1.99. The summed E-state index contributed by atoms with van der Waals surface area (Å²) < 4.78 is 39.0. The molecule has 2 heterocycles. The van der Waals surface area contributed by atoms with E-state index in [1.54, 1.807) is 0 Å². The number of amides is 1. The topological polar surface area (TPSA) is 54.3 Å². The smallest absolute Gasteiger partial charge is 0.353 e. The van der Waals surface area contributed by atoms with Gasteiger partial charge in [0.1, 0.15) is 12.1 Å². The van der Waals surface area contributed by atoms with E-state index in [4.69, 9.17) is 0 Å². The second kappa shape index (κ2) is 8.03. The number of piperidine rings is 1. The highest BCUT2D eigenvalue weighted by Gasteiger charge is 2.34. The molecule has 1 aromatic rings. The molecule has 25 heavy (non-hydrogen) atoms. The number of nitrogens with zero attached hydrogens (tertiary/aromatic N) is 2. The number of hydrogen-bond donors (Lipinski definition) is 1. The van der Waals surface area contributed by atoms with E-state index in [0.717, 1.165) is 42.6 Å². The lowest BCUT2D eigenvalue weighted by Crippen LogP contribution is -2.46. The number of pyridine rings is 1. The van der Waals surface area contributed by atoms with Crippen LogP contribution in [0.15, 0.2) is 23.1 Å². The molecular formula is C17H24F3N3O2. The van der Waals surface area contributed by atoms with Crippen LogP contribution in [-0.4, -0.2) is 41.1 Å². The number of likely N-dealkylation sites (tertiary alicyclic amines) is 1. The highest BCUT2D eigenvalue weighted by atomic mass is 19.4. The first-order valence-electron chi connectivity index (χ1n) is 8.46. The molecular weight excluding hydrogens is 335 g/mol. The van der Waals surface area contributed by atoms with Gasteiger partial charge in [0.05, 0.1) is 0 Å². The molecule has 0 aliphatic carbocycles. The maximum Gasteiger partial charge on any atom is 0.421 e. The second-order valence-electron chi connectivity index (χ2n) is 6.72. The molecule has 1 fully saturated rings. The van der Waals surface area contributed by atoms with Crippen LogP contribution in [0.1, 0.15) is 32.3 Å². The number of alkyl halides is 3. The zero-order valence-electron chi connectivity index (χ0n) is 14.5. The third-order valence-electron chi connectivity index (χ3n) is 4.68. The van der Waals surface area contributed by atoms with Crippen molar-refractivity contribution in [2.24, 2.45) is 5.92 Å². The summed E-state index contributed by atoms with van der Waals surface area (Å²) in [5.41, 5.74) is -2.47. The minimum atomic E-state index is -4.73. The fourth-order valence-corrected chi connectivity index (χ4v) is 2.95. The van der Waals surface area contributed by atoms with Crippen LogP contribution < -0.4 is 10.9 Å². The molecule has 0 saturated carbocycles. The van der Waals surface area contributed by atoms with E-state index in [1.165, 1.54) is 6.20 Å². The Kier molecular flexibility index (Phi) is 6.26. The van der Waals surface area contributed by atoms with Crippen LogP contribution >= 0.6 is 0 Å². The molecule has 5 nitrogen and oxygen atoms in total. The monoisotopic (exact) mass is 359 g/mol. The van der Waals surface area contributed by atoms with Gasteiger partial charge >= 0.3 is 6.18 Å². The predicted octanol–water partition coefficient (Wildman–Crippen LogP) is 2.10. The van der Waals surface area contributed by atoms with Crippen molar-refractivity contribution < 1.29 is 18.0 Å². The SMILES string of the molecule is CC1CCN([C@@H](C)CNC(=O)Cn2cccc(C(F)(F)F)c2=O)CC1. The van der Waals surface area contributed by atoms with Gasteiger partial charge in [-0.25, -0.2) is 0 Å². The van der Waals surface area contributed by atoms with Crippen molar-refractivity contribution in [2.45, 2.75) is 45.5 Å². The largest absolute Gasteiger partial charge is 0.421 e. The van der Waals surface area contributed by atoms with E-state index in [1.807, 2.05) is 6.92 Å². The lowest BCUT2D eigenvalue weighted by atomic mass is 9.98. The average Bonchev–Trinajstić information content (AvgIpc) is 2.54. The van der Waals surface area contributed by atoms with Gasteiger partial charge in [-0.3, -0.25) is 14.5 Å². The summed E-state index contributed by atoms with van der Waals surface area (Å²) >= 11 is 0.